The first-order valence-corrected chi connectivity index (χ1v) is 9.65. The van der Waals surface area contributed by atoms with E-state index in [0.29, 0.717) is 0 Å². The van der Waals surface area contributed by atoms with E-state index in [2.05, 4.69) is 36.5 Å². The lowest BCUT2D eigenvalue weighted by Gasteiger charge is -2.23. The summed E-state index contributed by atoms with van der Waals surface area (Å²) in [6, 6.07) is 28.2. The number of nitrogens with one attached hydrogen (secondary N) is 1. The number of amides is 1. The number of rotatable bonds is 6. The number of benzene rings is 3. The minimum Gasteiger partial charge on any atom is -0.344 e. The third-order valence-electron chi connectivity index (χ3n) is 4.34. The van der Waals surface area contributed by atoms with Crippen molar-refractivity contribution >= 4 is 17.7 Å². The van der Waals surface area contributed by atoms with E-state index in [9.17, 15) is 4.79 Å². The molecule has 0 bridgehead atoms. The molecule has 0 heterocycles. The van der Waals surface area contributed by atoms with Gasteiger partial charge in [0.05, 0.1) is 11.3 Å². The Morgan fingerprint density at radius 1 is 0.846 bits per heavy atom. The van der Waals surface area contributed by atoms with Crippen LogP contribution in [0.2, 0.25) is 0 Å². The van der Waals surface area contributed by atoms with Crippen LogP contribution in [-0.2, 0) is 4.79 Å². The minimum absolute atomic E-state index is 0.0379. The molecule has 0 spiro atoms. The molecule has 0 unspecified atom stereocenters. The number of carbonyl (C=O) groups excluding carboxylic acids is 1. The SMILES string of the molecule is Cc1ccccc1[C@@H](NC(=O)[C@@H](C)Sc1ccccc1)c1ccccc1. The average molecular weight is 362 g/mol. The highest BCUT2D eigenvalue weighted by Crippen LogP contribution is 2.27. The quantitative estimate of drug-likeness (QED) is 0.597. The molecular weight excluding hydrogens is 338 g/mol. The number of hydrogen-bond donors (Lipinski definition) is 1. The molecule has 1 amide bonds. The molecule has 0 fully saturated rings. The lowest BCUT2D eigenvalue weighted by molar-refractivity contribution is -0.120. The largest absolute Gasteiger partial charge is 0.344 e. The van der Waals surface area contributed by atoms with E-state index in [0.717, 1.165) is 16.0 Å². The molecule has 0 radical (unpaired) electrons. The van der Waals surface area contributed by atoms with Crippen molar-refractivity contribution in [2.24, 2.45) is 0 Å². The highest BCUT2D eigenvalue weighted by molar-refractivity contribution is 8.00. The molecule has 0 saturated carbocycles. The first-order chi connectivity index (χ1) is 12.6. The van der Waals surface area contributed by atoms with Crippen molar-refractivity contribution in [2.75, 3.05) is 0 Å². The van der Waals surface area contributed by atoms with Gasteiger partial charge in [0.25, 0.3) is 0 Å². The predicted octanol–water partition coefficient (Wildman–Crippen LogP) is 5.38. The average Bonchev–Trinajstić information content (AvgIpc) is 2.68. The monoisotopic (exact) mass is 361 g/mol. The Morgan fingerprint density at radius 3 is 2.08 bits per heavy atom. The summed E-state index contributed by atoms with van der Waals surface area (Å²) < 4.78 is 0. The van der Waals surface area contributed by atoms with Crippen molar-refractivity contribution in [3.8, 4) is 0 Å². The van der Waals surface area contributed by atoms with Crippen LogP contribution in [0.4, 0.5) is 0 Å². The van der Waals surface area contributed by atoms with Crippen molar-refractivity contribution in [2.45, 2.75) is 30.0 Å². The topological polar surface area (TPSA) is 29.1 Å². The number of carbonyl (C=O) groups is 1. The third-order valence-corrected chi connectivity index (χ3v) is 5.46. The van der Waals surface area contributed by atoms with Gasteiger partial charge in [0.1, 0.15) is 0 Å². The number of aryl methyl sites for hydroxylation is 1. The Bertz CT molecular complexity index is 848. The van der Waals surface area contributed by atoms with Gasteiger partial charge in [-0.15, -0.1) is 11.8 Å². The van der Waals surface area contributed by atoms with E-state index in [1.165, 1.54) is 5.56 Å². The molecule has 3 aromatic rings. The van der Waals surface area contributed by atoms with Crippen molar-refractivity contribution in [3.63, 3.8) is 0 Å². The van der Waals surface area contributed by atoms with Crippen LogP contribution >= 0.6 is 11.8 Å². The molecule has 0 aliphatic carbocycles. The third kappa shape index (κ3) is 4.55. The highest BCUT2D eigenvalue weighted by Gasteiger charge is 2.22. The lowest BCUT2D eigenvalue weighted by Crippen LogP contribution is -2.35. The van der Waals surface area contributed by atoms with Gasteiger partial charge in [-0.2, -0.15) is 0 Å². The van der Waals surface area contributed by atoms with E-state index in [4.69, 9.17) is 0 Å². The van der Waals surface area contributed by atoms with Gasteiger partial charge in [-0.05, 0) is 42.7 Å². The lowest BCUT2D eigenvalue weighted by atomic mass is 9.95. The van der Waals surface area contributed by atoms with Crippen molar-refractivity contribution in [3.05, 3.63) is 102 Å². The van der Waals surface area contributed by atoms with Crippen LogP contribution in [-0.4, -0.2) is 11.2 Å². The Morgan fingerprint density at radius 2 is 1.42 bits per heavy atom. The summed E-state index contributed by atoms with van der Waals surface area (Å²) >= 11 is 1.58. The molecule has 26 heavy (non-hydrogen) atoms. The fourth-order valence-corrected chi connectivity index (χ4v) is 3.81. The fourth-order valence-electron chi connectivity index (χ4n) is 2.91. The molecule has 1 N–H and O–H groups in total. The van der Waals surface area contributed by atoms with Gasteiger partial charge in [-0.1, -0.05) is 72.8 Å². The summed E-state index contributed by atoms with van der Waals surface area (Å²) in [5, 5.41) is 3.08. The second-order valence-corrected chi connectivity index (χ2v) is 7.70. The maximum atomic E-state index is 12.9. The second kappa shape index (κ2) is 8.72. The molecule has 3 aromatic carbocycles. The standard InChI is InChI=1S/C23H23NOS/c1-17-11-9-10-16-21(17)22(19-12-5-3-6-13-19)24-23(25)18(2)26-20-14-7-4-8-15-20/h3-16,18,22H,1-2H3,(H,24,25)/t18-,22+/m1/s1. The summed E-state index contributed by atoms with van der Waals surface area (Å²) in [6.45, 7) is 4.03. The molecule has 2 nitrogen and oxygen atoms in total. The molecule has 3 heteroatoms. The van der Waals surface area contributed by atoms with Gasteiger partial charge in [-0.3, -0.25) is 4.79 Å². The Kier molecular flexibility index (Phi) is 6.13. The molecular formula is C23H23NOS. The van der Waals surface area contributed by atoms with Gasteiger partial charge >= 0.3 is 0 Å². The zero-order valence-corrected chi connectivity index (χ0v) is 15.9. The van der Waals surface area contributed by atoms with Crippen LogP contribution in [0.5, 0.6) is 0 Å². The Hall–Kier alpha value is -2.52. The first kappa shape index (κ1) is 18.3. The normalized spacial score (nSPS) is 13.0. The summed E-state index contributed by atoms with van der Waals surface area (Å²) in [5.41, 5.74) is 3.39. The number of thioether (sulfide) groups is 1. The smallest absolute Gasteiger partial charge is 0.233 e. The molecule has 0 aliphatic rings. The van der Waals surface area contributed by atoms with Crippen LogP contribution < -0.4 is 5.32 Å². The van der Waals surface area contributed by atoms with Crippen LogP contribution in [0.25, 0.3) is 0 Å². The van der Waals surface area contributed by atoms with Gasteiger partial charge < -0.3 is 5.32 Å². The Labute approximate surface area is 159 Å². The van der Waals surface area contributed by atoms with E-state index in [1.807, 2.05) is 67.6 Å². The van der Waals surface area contributed by atoms with Crippen LogP contribution in [0.3, 0.4) is 0 Å². The molecule has 0 saturated heterocycles. The van der Waals surface area contributed by atoms with E-state index >= 15 is 0 Å². The molecule has 0 aliphatic heterocycles. The Balaban J connectivity index is 1.82. The summed E-state index contributed by atoms with van der Waals surface area (Å²) in [7, 11) is 0. The zero-order chi connectivity index (χ0) is 18.4. The molecule has 2 atom stereocenters. The highest BCUT2D eigenvalue weighted by atomic mass is 32.2. The van der Waals surface area contributed by atoms with Crippen molar-refractivity contribution in [1.29, 1.82) is 0 Å². The van der Waals surface area contributed by atoms with Gasteiger partial charge in [0, 0.05) is 4.90 Å². The zero-order valence-electron chi connectivity index (χ0n) is 15.1. The van der Waals surface area contributed by atoms with Gasteiger partial charge in [0.15, 0.2) is 0 Å². The van der Waals surface area contributed by atoms with Crippen molar-refractivity contribution < 1.29 is 4.79 Å². The van der Waals surface area contributed by atoms with E-state index in [-0.39, 0.29) is 17.2 Å². The number of hydrogen-bond acceptors (Lipinski definition) is 2. The maximum Gasteiger partial charge on any atom is 0.233 e. The minimum atomic E-state index is -0.173. The predicted molar refractivity (Wildman–Crippen MR) is 109 cm³/mol. The summed E-state index contributed by atoms with van der Waals surface area (Å²) in [4.78, 5) is 14.0. The van der Waals surface area contributed by atoms with E-state index in [1.54, 1.807) is 11.8 Å². The molecule has 0 aromatic heterocycles. The summed E-state index contributed by atoms with van der Waals surface area (Å²) in [6.07, 6.45) is 0. The first-order valence-electron chi connectivity index (χ1n) is 8.77. The van der Waals surface area contributed by atoms with Crippen LogP contribution in [0.1, 0.15) is 29.7 Å². The van der Waals surface area contributed by atoms with E-state index < -0.39 is 0 Å². The molecule has 3 rings (SSSR count). The van der Waals surface area contributed by atoms with Crippen LogP contribution in [0.15, 0.2) is 89.8 Å². The van der Waals surface area contributed by atoms with Crippen molar-refractivity contribution in [1.82, 2.24) is 5.32 Å². The fraction of sp³-hybridized carbons (Fsp3) is 0.174. The van der Waals surface area contributed by atoms with Crippen LogP contribution in [0, 0.1) is 6.92 Å². The maximum absolute atomic E-state index is 12.9. The summed E-state index contributed by atoms with van der Waals surface area (Å²) in [5.74, 6) is 0.0379. The second-order valence-electron chi connectivity index (χ2n) is 6.28. The van der Waals surface area contributed by atoms with Gasteiger partial charge in [-0.25, -0.2) is 0 Å². The molecule has 132 valence electrons. The van der Waals surface area contributed by atoms with Gasteiger partial charge in [0.2, 0.25) is 5.91 Å².